The van der Waals surface area contributed by atoms with Crippen molar-refractivity contribution in [3.63, 3.8) is 0 Å². The van der Waals surface area contributed by atoms with Gasteiger partial charge < -0.3 is 15.0 Å². The van der Waals surface area contributed by atoms with E-state index in [1.807, 2.05) is 29.9 Å². The molecule has 1 rings (SSSR count). The zero-order valence-electron chi connectivity index (χ0n) is 7.80. The van der Waals surface area contributed by atoms with Crippen molar-refractivity contribution in [3.8, 4) is 0 Å². The summed E-state index contributed by atoms with van der Waals surface area (Å²) in [5, 5.41) is 11.0. The average molecular weight is 196 g/mol. The third-order valence-electron chi connectivity index (χ3n) is 2.03. The van der Waals surface area contributed by atoms with Crippen LogP contribution in [0, 0.1) is 0 Å². The van der Waals surface area contributed by atoms with Crippen molar-refractivity contribution in [3.05, 3.63) is 24.0 Å². The third kappa shape index (κ3) is 2.35. The Kier molecular flexibility index (Phi) is 3.28. The molecule has 0 saturated heterocycles. The van der Waals surface area contributed by atoms with E-state index in [1.165, 1.54) is 0 Å². The molecule has 1 heterocycles. The van der Waals surface area contributed by atoms with Crippen LogP contribution in [0.3, 0.4) is 0 Å². The van der Waals surface area contributed by atoms with Crippen LogP contribution in [0.4, 0.5) is 0 Å². The molecule has 1 amide bonds. The van der Waals surface area contributed by atoms with E-state index in [9.17, 15) is 9.59 Å². The lowest BCUT2D eigenvalue weighted by atomic mass is 10.1. The molecular weight excluding hydrogens is 184 g/mol. The molecule has 0 aliphatic heterocycles. The first-order chi connectivity index (χ1) is 6.65. The van der Waals surface area contributed by atoms with Crippen LogP contribution in [0.2, 0.25) is 0 Å². The Morgan fingerprint density at radius 3 is 2.93 bits per heavy atom. The van der Waals surface area contributed by atoms with Crippen LogP contribution < -0.4 is 5.32 Å². The molecule has 0 bridgehead atoms. The monoisotopic (exact) mass is 196 g/mol. The van der Waals surface area contributed by atoms with Gasteiger partial charge in [-0.2, -0.15) is 0 Å². The number of carboxylic acids is 1. The lowest BCUT2D eigenvalue weighted by Crippen LogP contribution is -2.38. The van der Waals surface area contributed by atoms with Gasteiger partial charge in [-0.15, -0.1) is 0 Å². The van der Waals surface area contributed by atoms with Crippen molar-refractivity contribution in [2.45, 2.75) is 12.5 Å². The molecule has 1 unspecified atom stereocenters. The quantitative estimate of drug-likeness (QED) is 0.639. The maximum absolute atomic E-state index is 10.7. The highest BCUT2D eigenvalue weighted by molar-refractivity contribution is 5.76. The van der Waals surface area contributed by atoms with Crippen molar-refractivity contribution in [2.24, 2.45) is 7.05 Å². The molecule has 1 atom stereocenters. The van der Waals surface area contributed by atoms with E-state index in [0.29, 0.717) is 6.41 Å². The highest BCUT2D eigenvalue weighted by Crippen LogP contribution is 2.03. The number of carbonyl (C=O) groups excluding carboxylic acids is 1. The second kappa shape index (κ2) is 4.45. The molecule has 0 aromatic carbocycles. The standard InChI is InChI=1S/C9H12N2O3/c1-11-4-2-3-7(11)5-8(9(13)14)10-6-12/h2-4,6,8H,5H2,1H3,(H,10,12)(H,13,14). The number of aliphatic carboxylic acids is 1. The van der Waals surface area contributed by atoms with Crippen LogP contribution in [-0.2, 0) is 23.1 Å². The molecule has 0 aliphatic carbocycles. The molecule has 5 nitrogen and oxygen atoms in total. The van der Waals surface area contributed by atoms with E-state index in [0.717, 1.165) is 5.69 Å². The van der Waals surface area contributed by atoms with E-state index >= 15 is 0 Å². The topological polar surface area (TPSA) is 71.3 Å². The maximum atomic E-state index is 10.7. The Bertz CT molecular complexity index is 333. The summed E-state index contributed by atoms with van der Waals surface area (Å²) in [4.78, 5) is 20.8. The molecule has 5 heteroatoms. The van der Waals surface area contributed by atoms with Crippen LogP contribution in [0.5, 0.6) is 0 Å². The Morgan fingerprint density at radius 1 is 1.79 bits per heavy atom. The van der Waals surface area contributed by atoms with Gasteiger partial charge in [0.2, 0.25) is 6.41 Å². The zero-order chi connectivity index (χ0) is 10.6. The Labute approximate surface area is 81.3 Å². The summed E-state index contributed by atoms with van der Waals surface area (Å²) in [6.07, 6.45) is 2.52. The van der Waals surface area contributed by atoms with Crippen molar-refractivity contribution < 1.29 is 14.7 Å². The largest absolute Gasteiger partial charge is 0.480 e. The summed E-state index contributed by atoms with van der Waals surface area (Å²) in [7, 11) is 1.83. The minimum absolute atomic E-state index is 0.289. The van der Waals surface area contributed by atoms with Crippen molar-refractivity contribution >= 4 is 12.4 Å². The van der Waals surface area contributed by atoms with Gasteiger partial charge >= 0.3 is 5.97 Å². The van der Waals surface area contributed by atoms with Crippen molar-refractivity contribution in [1.29, 1.82) is 0 Å². The number of carboxylic acid groups (broad SMARTS) is 1. The van der Waals surface area contributed by atoms with Gasteiger partial charge in [0.25, 0.3) is 0 Å². The first-order valence-corrected chi connectivity index (χ1v) is 4.18. The normalized spacial score (nSPS) is 12.1. The highest BCUT2D eigenvalue weighted by Gasteiger charge is 2.17. The summed E-state index contributed by atoms with van der Waals surface area (Å²) in [6.45, 7) is 0. The van der Waals surface area contributed by atoms with Crippen molar-refractivity contribution in [2.75, 3.05) is 0 Å². The Balaban J connectivity index is 2.69. The van der Waals surface area contributed by atoms with Crippen LogP contribution in [0.25, 0.3) is 0 Å². The molecule has 1 aromatic heterocycles. The number of amides is 1. The zero-order valence-corrected chi connectivity index (χ0v) is 7.80. The van der Waals surface area contributed by atoms with Gasteiger partial charge in [0.1, 0.15) is 6.04 Å². The van der Waals surface area contributed by atoms with Gasteiger partial charge in [0.15, 0.2) is 0 Å². The summed E-state index contributed by atoms with van der Waals surface area (Å²) in [5.41, 5.74) is 0.867. The van der Waals surface area contributed by atoms with Gasteiger partial charge in [-0.3, -0.25) is 4.79 Å². The van der Waals surface area contributed by atoms with E-state index in [-0.39, 0.29) is 6.42 Å². The minimum atomic E-state index is -1.03. The van der Waals surface area contributed by atoms with Crippen molar-refractivity contribution in [1.82, 2.24) is 9.88 Å². The lowest BCUT2D eigenvalue weighted by molar-refractivity contribution is -0.140. The molecule has 0 radical (unpaired) electrons. The molecule has 0 saturated carbocycles. The summed E-state index contributed by atoms with van der Waals surface area (Å²) in [6, 6.07) is 2.79. The van der Waals surface area contributed by atoms with Crippen LogP contribution in [-0.4, -0.2) is 28.1 Å². The van der Waals surface area contributed by atoms with E-state index < -0.39 is 12.0 Å². The summed E-state index contributed by atoms with van der Waals surface area (Å²) < 4.78 is 1.82. The number of nitrogens with one attached hydrogen (secondary N) is 1. The number of nitrogens with zero attached hydrogens (tertiary/aromatic N) is 1. The molecule has 1 aromatic rings. The molecular formula is C9H12N2O3. The van der Waals surface area contributed by atoms with Crippen LogP contribution >= 0.6 is 0 Å². The smallest absolute Gasteiger partial charge is 0.326 e. The summed E-state index contributed by atoms with van der Waals surface area (Å²) >= 11 is 0. The number of carbonyl (C=O) groups is 2. The molecule has 76 valence electrons. The first-order valence-electron chi connectivity index (χ1n) is 4.18. The maximum Gasteiger partial charge on any atom is 0.326 e. The lowest BCUT2D eigenvalue weighted by Gasteiger charge is -2.11. The van der Waals surface area contributed by atoms with Gasteiger partial charge in [0, 0.05) is 25.4 Å². The van der Waals surface area contributed by atoms with Crippen LogP contribution in [0.1, 0.15) is 5.69 Å². The molecule has 14 heavy (non-hydrogen) atoms. The van der Waals surface area contributed by atoms with Gasteiger partial charge in [-0.25, -0.2) is 4.79 Å². The number of hydrogen-bond acceptors (Lipinski definition) is 2. The molecule has 2 N–H and O–H groups in total. The van der Waals surface area contributed by atoms with Gasteiger partial charge in [-0.05, 0) is 12.1 Å². The predicted octanol–water partition coefficient (Wildman–Crippen LogP) is -0.233. The second-order valence-corrected chi connectivity index (χ2v) is 2.99. The fourth-order valence-electron chi connectivity index (χ4n) is 1.22. The Morgan fingerprint density at radius 2 is 2.50 bits per heavy atom. The number of rotatable bonds is 5. The third-order valence-corrected chi connectivity index (χ3v) is 2.03. The van der Waals surface area contributed by atoms with E-state index in [4.69, 9.17) is 5.11 Å². The van der Waals surface area contributed by atoms with Gasteiger partial charge in [-0.1, -0.05) is 0 Å². The summed E-state index contributed by atoms with van der Waals surface area (Å²) in [5.74, 6) is -1.03. The second-order valence-electron chi connectivity index (χ2n) is 2.99. The average Bonchev–Trinajstić information content (AvgIpc) is 2.51. The number of aryl methyl sites for hydroxylation is 1. The highest BCUT2D eigenvalue weighted by atomic mass is 16.4. The molecule has 0 fully saturated rings. The van der Waals surface area contributed by atoms with Gasteiger partial charge in [0.05, 0.1) is 0 Å². The van der Waals surface area contributed by atoms with E-state index in [1.54, 1.807) is 0 Å². The molecule has 0 spiro atoms. The fraction of sp³-hybridized carbons (Fsp3) is 0.333. The predicted molar refractivity (Wildman–Crippen MR) is 49.7 cm³/mol. The first kappa shape index (κ1) is 10.3. The fourth-order valence-corrected chi connectivity index (χ4v) is 1.22. The number of hydrogen-bond donors (Lipinski definition) is 2. The van der Waals surface area contributed by atoms with E-state index in [2.05, 4.69) is 5.32 Å². The Hall–Kier alpha value is -1.78. The minimum Gasteiger partial charge on any atom is -0.480 e. The van der Waals surface area contributed by atoms with Crippen LogP contribution in [0.15, 0.2) is 18.3 Å². The molecule has 0 aliphatic rings. The SMILES string of the molecule is Cn1cccc1CC(NC=O)C(=O)O. The number of aromatic nitrogens is 1.